The van der Waals surface area contributed by atoms with E-state index in [0.717, 1.165) is 74.2 Å². The van der Waals surface area contributed by atoms with Crippen molar-refractivity contribution >= 4 is 16.9 Å². The maximum atomic E-state index is 13.5. The van der Waals surface area contributed by atoms with Crippen molar-refractivity contribution in [1.29, 1.82) is 0 Å². The Labute approximate surface area is 243 Å². The molecule has 0 aliphatic carbocycles. The van der Waals surface area contributed by atoms with Gasteiger partial charge < -0.3 is 14.6 Å². The normalized spacial score (nSPS) is 12.8. The fraction of sp³-hybridized carbons (Fsp3) is 0.324. The van der Waals surface area contributed by atoms with Gasteiger partial charge in [-0.2, -0.15) is 0 Å². The van der Waals surface area contributed by atoms with E-state index in [9.17, 15) is 4.39 Å². The summed E-state index contributed by atoms with van der Waals surface area (Å²) in [5.74, 6) is 3.32. The number of anilines is 1. The molecule has 1 aliphatic heterocycles. The van der Waals surface area contributed by atoms with Crippen molar-refractivity contribution in [2.75, 3.05) is 18.1 Å². The number of benzene rings is 3. The van der Waals surface area contributed by atoms with E-state index < -0.39 is 0 Å². The summed E-state index contributed by atoms with van der Waals surface area (Å²) in [5, 5.41) is 0. The molecule has 0 radical (unpaired) electrons. The summed E-state index contributed by atoms with van der Waals surface area (Å²) in [6.07, 6.45) is 2.64. The van der Waals surface area contributed by atoms with Crippen LogP contribution in [0.2, 0.25) is 0 Å². The Bertz CT molecular complexity index is 1650. The van der Waals surface area contributed by atoms with Gasteiger partial charge >= 0.3 is 0 Å². The van der Waals surface area contributed by atoms with Crippen LogP contribution in [0.3, 0.4) is 0 Å². The lowest BCUT2D eigenvalue weighted by atomic mass is 10.0. The van der Waals surface area contributed by atoms with Crippen LogP contribution in [-0.2, 0) is 19.4 Å². The van der Waals surface area contributed by atoms with Gasteiger partial charge in [-0.3, -0.25) is 0 Å². The number of halogens is 1. The minimum absolute atomic E-state index is 0. The first kappa shape index (κ1) is 28.3. The Morgan fingerprint density at radius 3 is 2.41 bits per heavy atom. The number of hydrogen-bond acceptors (Lipinski definition) is 5. The number of aromatic amines is 1. The van der Waals surface area contributed by atoms with Crippen molar-refractivity contribution < 1.29 is 10.6 Å². The van der Waals surface area contributed by atoms with Crippen molar-refractivity contribution in [3.63, 3.8) is 0 Å². The molecule has 1 N–H and O–H groups in total. The van der Waals surface area contributed by atoms with E-state index in [0.29, 0.717) is 26.1 Å². The van der Waals surface area contributed by atoms with Crippen molar-refractivity contribution in [2.24, 2.45) is 0 Å². The van der Waals surface area contributed by atoms with Crippen LogP contribution < -0.4 is 9.64 Å². The Morgan fingerprint density at radius 1 is 0.927 bits per heavy atom. The summed E-state index contributed by atoms with van der Waals surface area (Å²) in [6, 6.07) is 19.4. The predicted molar refractivity (Wildman–Crippen MR) is 166 cm³/mol. The van der Waals surface area contributed by atoms with Gasteiger partial charge in [-0.25, -0.2) is 19.3 Å². The molecule has 5 aromatic rings. The minimum Gasteiger partial charge on any atom is -0.491 e. The van der Waals surface area contributed by atoms with Gasteiger partial charge in [-0.1, -0.05) is 51.5 Å². The van der Waals surface area contributed by atoms with Gasteiger partial charge in [0.1, 0.15) is 35.6 Å². The highest BCUT2D eigenvalue weighted by Gasteiger charge is 2.22. The van der Waals surface area contributed by atoms with Gasteiger partial charge in [0, 0.05) is 37.6 Å². The molecule has 0 atom stereocenters. The molecule has 7 heteroatoms. The Morgan fingerprint density at radius 2 is 1.66 bits per heavy atom. The van der Waals surface area contributed by atoms with Crippen LogP contribution in [0, 0.1) is 19.7 Å². The number of imidazole rings is 1. The average Bonchev–Trinajstić information content (AvgIpc) is 3.21. The molecule has 1 aliphatic rings. The molecule has 0 amide bonds. The van der Waals surface area contributed by atoms with E-state index in [1.165, 1.54) is 18.6 Å². The molecule has 6 nitrogen and oxygen atoms in total. The molecule has 0 spiro atoms. The van der Waals surface area contributed by atoms with E-state index in [1.54, 1.807) is 0 Å². The fourth-order valence-electron chi connectivity index (χ4n) is 5.14. The first-order valence-corrected chi connectivity index (χ1v) is 14.5. The van der Waals surface area contributed by atoms with E-state index in [2.05, 4.69) is 72.0 Å². The number of fused-ring (bicyclic) bond motifs is 2. The lowest BCUT2D eigenvalue weighted by molar-refractivity contribution is 0.331. The topological polar surface area (TPSA) is 66.9 Å². The number of nitrogens with one attached hydrogen (secondary N) is 1. The smallest absolute Gasteiger partial charge is 0.136 e. The van der Waals surface area contributed by atoms with Gasteiger partial charge in [0.05, 0.1) is 17.6 Å². The predicted octanol–water partition coefficient (Wildman–Crippen LogP) is 7.99. The van der Waals surface area contributed by atoms with Gasteiger partial charge in [0.2, 0.25) is 0 Å². The molecule has 41 heavy (non-hydrogen) atoms. The zero-order valence-electron chi connectivity index (χ0n) is 24.6. The second-order valence-corrected chi connectivity index (χ2v) is 10.5. The van der Waals surface area contributed by atoms with Crippen molar-refractivity contribution in [3.05, 3.63) is 101 Å². The van der Waals surface area contributed by atoms with E-state index in [1.807, 2.05) is 26.0 Å². The molecule has 0 unspecified atom stereocenters. The summed E-state index contributed by atoms with van der Waals surface area (Å²) >= 11 is 0. The molecule has 6 rings (SSSR count). The second-order valence-electron chi connectivity index (χ2n) is 10.5. The number of aryl methyl sites for hydroxylation is 3. The Kier molecular flexibility index (Phi) is 8.62. The number of nitrogens with zero attached hydrogens (tertiary/aromatic N) is 4. The highest BCUT2D eigenvalue weighted by molar-refractivity contribution is 5.82. The van der Waals surface area contributed by atoms with Crippen LogP contribution in [0.1, 0.15) is 62.7 Å². The molecule has 0 saturated heterocycles. The highest BCUT2D eigenvalue weighted by Crippen LogP contribution is 2.33. The molecule has 0 saturated carbocycles. The summed E-state index contributed by atoms with van der Waals surface area (Å²) in [5.41, 5.74) is 8.42. The van der Waals surface area contributed by atoms with E-state index in [4.69, 9.17) is 14.7 Å². The minimum atomic E-state index is -0.234. The maximum absolute atomic E-state index is 13.5. The number of aromatic nitrogens is 4. The molecular formula is C34H40FN5O. The van der Waals surface area contributed by atoms with Crippen molar-refractivity contribution in [1.82, 2.24) is 19.9 Å². The fourth-order valence-corrected chi connectivity index (χ4v) is 5.14. The summed E-state index contributed by atoms with van der Waals surface area (Å²) in [4.78, 5) is 19.9. The second kappa shape index (κ2) is 12.5. The molecule has 0 fully saturated rings. The van der Waals surface area contributed by atoms with Crippen molar-refractivity contribution in [3.8, 4) is 16.9 Å². The van der Waals surface area contributed by atoms with Crippen molar-refractivity contribution in [2.45, 2.75) is 60.4 Å². The Balaban J connectivity index is 0.000000972. The van der Waals surface area contributed by atoms with Gasteiger partial charge in [0.15, 0.2) is 0 Å². The Hall–Kier alpha value is -4.26. The van der Waals surface area contributed by atoms with Crippen LogP contribution >= 0.6 is 0 Å². The maximum Gasteiger partial charge on any atom is 0.136 e. The largest absolute Gasteiger partial charge is 0.491 e. The number of ether oxygens (including phenoxy) is 1. The molecule has 0 bridgehead atoms. The zero-order chi connectivity index (χ0) is 28.9. The SMILES string of the molecule is CCC.CCc1nc(C)c(Cc2ccc(F)cc2)c(N2CCOc3ccc(-c4ccc5nc(C)[nH]c5c4)cc3C2)n1.[HH]. The van der Waals surface area contributed by atoms with Crippen LogP contribution in [0.4, 0.5) is 10.2 Å². The number of rotatable bonds is 5. The summed E-state index contributed by atoms with van der Waals surface area (Å²) in [7, 11) is 0. The third kappa shape index (κ3) is 6.40. The van der Waals surface area contributed by atoms with Gasteiger partial charge in [-0.05, 0) is 66.9 Å². The first-order chi connectivity index (χ1) is 19.9. The quantitative estimate of drug-likeness (QED) is 0.239. The number of hydrogen-bond donors (Lipinski definition) is 1. The zero-order valence-corrected chi connectivity index (χ0v) is 24.6. The van der Waals surface area contributed by atoms with E-state index in [-0.39, 0.29) is 7.24 Å². The van der Waals surface area contributed by atoms with Crippen LogP contribution in [0.25, 0.3) is 22.2 Å². The molecule has 2 aromatic heterocycles. The molecule has 3 aromatic carbocycles. The molecular weight excluding hydrogens is 513 g/mol. The van der Waals surface area contributed by atoms with Crippen LogP contribution in [0.15, 0.2) is 60.7 Å². The average molecular weight is 554 g/mol. The third-order valence-corrected chi connectivity index (χ3v) is 7.12. The number of H-pyrrole nitrogens is 1. The molecule has 214 valence electrons. The standard InChI is InChI=1S/C31H30FN5O.C3H8.H2/c1-4-30-33-19(2)26(15-21-5-9-25(32)10-6-21)31(36-30)37-13-14-38-29-12-8-22(16-24(29)18-37)23-7-11-27-28(17-23)35-20(3)34-27;1-3-2;/h5-12,16-17H,4,13-15,18H2,1-3H3,(H,34,35);3H2,1-2H3;1H. The van der Waals surface area contributed by atoms with Gasteiger partial charge in [-0.15, -0.1) is 0 Å². The third-order valence-electron chi connectivity index (χ3n) is 7.12. The lowest BCUT2D eigenvalue weighted by Gasteiger charge is -2.25. The summed E-state index contributed by atoms with van der Waals surface area (Å²) < 4.78 is 19.7. The highest BCUT2D eigenvalue weighted by atomic mass is 19.1. The molecule has 3 heterocycles. The van der Waals surface area contributed by atoms with E-state index >= 15 is 0 Å². The van der Waals surface area contributed by atoms with Crippen LogP contribution in [-0.4, -0.2) is 33.1 Å². The van der Waals surface area contributed by atoms with Gasteiger partial charge in [0.25, 0.3) is 0 Å². The first-order valence-electron chi connectivity index (χ1n) is 14.5. The monoisotopic (exact) mass is 553 g/mol. The summed E-state index contributed by atoms with van der Waals surface area (Å²) in [6.45, 7) is 12.3. The lowest BCUT2D eigenvalue weighted by Crippen LogP contribution is -2.28. The van der Waals surface area contributed by atoms with Crippen LogP contribution in [0.5, 0.6) is 5.75 Å².